The van der Waals surface area contributed by atoms with Crippen molar-refractivity contribution in [1.82, 2.24) is 5.32 Å². The molecule has 1 aromatic carbocycles. The molecular weight excluding hydrogens is 260 g/mol. The molecule has 4 nitrogen and oxygen atoms in total. The maximum absolute atomic E-state index is 12.0. The van der Waals surface area contributed by atoms with Crippen LogP contribution in [0.25, 0.3) is 0 Å². The van der Waals surface area contributed by atoms with E-state index in [1.54, 1.807) is 19.1 Å². The topological polar surface area (TPSA) is 70.0 Å². The van der Waals surface area contributed by atoms with Crippen LogP contribution >= 0.6 is 0 Å². The van der Waals surface area contributed by atoms with E-state index in [9.17, 15) is 8.42 Å². The van der Waals surface area contributed by atoms with Crippen LogP contribution in [0.15, 0.2) is 29.2 Å². The van der Waals surface area contributed by atoms with E-state index < -0.39 is 9.84 Å². The van der Waals surface area contributed by atoms with Crippen LogP contribution in [0.3, 0.4) is 0 Å². The van der Waals surface area contributed by atoms with Crippen LogP contribution < -0.4 is 5.32 Å². The van der Waals surface area contributed by atoms with Gasteiger partial charge in [-0.2, -0.15) is 5.26 Å². The summed E-state index contributed by atoms with van der Waals surface area (Å²) in [6.45, 7) is 2.83. The van der Waals surface area contributed by atoms with Crippen LogP contribution in [0.5, 0.6) is 0 Å². The summed E-state index contributed by atoms with van der Waals surface area (Å²) in [4.78, 5) is 0.196. The fourth-order valence-corrected chi connectivity index (χ4v) is 2.73. The zero-order valence-corrected chi connectivity index (χ0v) is 11.6. The van der Waals surface area contributed by atoms with Gasteiger partial charge in [0.2, 0.25) is 0 Å². The van der Waals surface area contributed by atoms with Gasteiger partial charge in [0.1, 0.15) is 0 Å². The fourth-order valence-electron chi connectivity index (χ4n) is 1.48. The average molecular weight is 276 g/mol. The maximum atomic E-state index is 12.0. The van der Waals surface area contributed by atoms with Crippen molar-refractivity contribution in [3.63, 3.8) is 0 Å². The Bertz CT molecular complexity index is 619. The zero-order chi connectivity index (χ0) is 14.1. The number of nitrogens with one attached hydrogen (secondary N) is 1. The van der Waals surface area contributed by atoms with Gasteiger partial charge in [-0.25, -0.2) is 8.42 Å². The molecule has 0 aliphatic carbocycles. The van der Waals surface area contributed by atoms with Gasteiger partial charge in [0.25, 0.3) is 0 Å². The predicted octanol–water partition coefficient (Wildman–Crippen LogP) is 1.33. The fraction of sp³-hybridized carbons (Fsp3) is 0.357. The van der Waals surface area contributed by atoms with E-state index in [2.05, 4.69) is 17.2 Å². The third kappa shape index (κ3) is 5.13. The van der Waals surface area contributed by atoms with Crippen LogP contribution in [0.1, 0.15) is 18.9 Å². The highest BCUT2D eigenvalue weighted by molar-refractivity contribution is 7.91. The van der Waals surface area contributed by atoms with E-state index in [4.69, 9.17) is 5.26 Å². The van der Waals surface area contributed by atoms with Gasteiger partial charge in [-0.15, -0.1) is 11.8 Å². The molecule has 1 N–H and O–H groups in total. The van der Waals surface area contributed by atoms with Gasteiger partial charge in [0.05, 0.1) is 22.3 Å². The molecule has 0 bridgehead atoms. The smallest absolute Gasteiger partial charge is 0.179 e. The Kier molecular flexibility index (Phi) is 6.08. The highest BCUT2D eigenvalue weighted by Gasteiger charge is 2.14. The van der Waals surface area contributed by atoms with E-state index in [1.165, 1.54) is 12.1 Å². The number of hydrogen-bond acceptors (Lipinski definition) is 4. The average Bonchev–Trinajstić information content (AvgIpc) is 2.43. The van der Waals surface area contributed by atoms with Gasteiger partial charge in [-0.3, -0.25) is 0 Å². The van der Waals surface area contributed by atoms with E-state index in [0.29, 0.717) is 25.1 Å². The first kappa shape index (κ1) is 15.2. The molecule has 0 saturated carbocycles. The Morgan fingerprint density at radius 1 is 1.32 bits per heavy atom. The van der Waals surface area contributed by atoms with Gasteiger partial charge in [-0.1, -0.05) is 6.07 Å². The first-order valence-electron chi connectivity index (χ1n) is 5.93. The van der Waals surface area contributed by atoms with Crippen molar-refractivity contribution in [2.24, 2.45) is 0 Å². The van der Waals surface area contributed by atoms with E-state index in [-0.39, 0.29) is 10.6 Å². The van der Waals surface area contributed by atoms with Crippen LogP contribution in [-0.4, -0.2) is 27.3 Å². The van der Waals surface area contributed by atoms with Crippen LogP contribution in [0.4, 0.5) is 0 Å². The minimum absolute atomic E-state index is 0.0153. The number of rotatable bonds is 6. The number of benzene rings is 1. The zero-order valence-electron chi connectivity index (χ0n) is 10.8. The second kappa shape index (κ2) is 7.58. The SMILES string of the molecule is CC#CCCNCCS(=O)(=O)c1cccc(C#N)c1. The Hall–Kier alpha value is -1.82. The summed E-state index contributed by atoms with van der Waals surface area (Å²) in [6.07, 6.45) is 0.709. The van der Waals surface area contributed by atoms with Gasteiger partial charge >= 0.3 is 0 Å². The lowest BCUT2D eigenvalue weighted by atomic mass is 10.2. The van der Waals surface area contributed by atoms with Crippen LogP contribution in [-0.2, 0) is 9.84 Å². The first-order valence-corrected chi connectivity index (χ1v) is 7.58. The molecule has 0 spiro atoms. The quantitative estimate of drug-likeness (QED) is 0.628. The largest absolute Gasteiger partial charge is 0.315 e. The molecule has 0 unspecified atom stereocenters. The first-order chi connectivity index (χ1) is 9.10. The molecule has 1 aromatic rings. The van der Waals surface area contributed by atoms with Gasteiger partial charge < -0.3 is 5.32 Å². The lowest BCUT2D eigenvalue weighted by Gasteiger charge is -2.05. The molecule has 0 atom stereocenters. The molecule has 0 aliphatic rings. The molecule has 0 aliphatic heterocycles. The van der Waals surface area contributed by atoms with Crippen molar-refractivity contribution in [2.45, 2.75) is 18.2 Å². The molecule has 5 heteroatoms. The molecule has 100 valence electrons. The summed E-state index contributed by atoms with van der Waals surface area (Å²) < 4.78 is 24.0. The predicted molar refractivity (Wildman–Crippen MR) is 74.1 cm³/mol. The Morgan fingerprint density at radius 2 is 2.11 bits per heavy atom. The highest BCUT2D eigenvalue weighted by Crippen LogP contribution is 2.12. The second-order valence-electron chi connectivity index (χ2n) is 3.89. The molecule has 0 amide bonds. The van der Waals surface area contributed by atoms with E-state index in [0.717, 1.165) is 0 Å². The van der Waals surface area contributed by atoms with E-state index in [1.807, 2.05) is 6.07 Å². The Balaban J connectivity index is 2.55. The molecule has 0 fully saturated rings. The molecule has 1 rings (SSSR count). The van der Waals surface area contributed by atoms with Crippen molar-refractivity contribution < 1.29 is 8.42 Å². The molecule has 0 heterocycles. The van der Waals surface area contributed by atoms with Crippen molar-refractivity contribution in [2.75, 3.05) is 18.8 Å². The monoisotopic (exact) mass is 276 g/mol. The van der Waals surface area contributed by atoms with Crippen molar-refractivity contribution in [1.29, 1.82) is 5.26 Å². The third-order valence-corrected chi connectivity index (χ3v) is 4.19. The number of sulfone groups is 1. The maximum Gasteiger partial charge on any atom is 0.179 e. The van der Waals surface area contributed by atoms with Crippen LogP contribution in [0, 0.1) is 23.2 Å². The standard InChI is InChI=1S/C14H16N2O2S/c1-2-3-4-8-16-9-10-19(17,18)14-7-5-6-13(11-14)12-15/h5-7,11,16H,4,8-10H2,1H3. The van der Waals surface area contributed by atoms with Crippen LogP contribution in [0.2, 0.25) is 0 Å². The normalized spacial score (nSPS) is 10.3. The molecule has 19 heavy (non-hydrogen) atoms. The Labute approximate surface area is 114 Å². The summed E-state index contributed by atoms with van der Waals surface area (Å²) >= 11 is 0. The summed E-state index contributed by atoms with van der Waals surface area (Å²) in [5.74, 6) is 5.68. The lowest BCUT2D eigenvalue weighted by Crippen LogP contribution is -2.23. The Morgan fingerprint density at radius 3 is 2.79 bits per heavy atom. The second-order valence-corrected chi connectivity index (χ2v) is 5.99. The molecule has 0 radical (unpaired) electrons. The minimum atomic E-state index is -3.34. The number of hydrogen-bond donors (Lipinski definition) is 1. The summed E-state index contributed by atoms with van der Waals surface area (Å²) in [7, 11) is -3.34. The summed E-state index contributed by atoms with van der Waals surface area (Å²) in [5.41, 5.74) is 0.354. The third-order valence-electron chi connectivity index (χ3n) is 2.47. The van der Waals surface area contributed by atoms with Crippen molar-refractivity contribution >= 4 is 9.84 Å². The molecule has 0 aromatic heterocycles. The van der Waals surface area contributed by atoms with E-state index >= 15 is 0 Å². The number of nitriles is 1. The van der Waals surface area contributed by atoms with Crippen molar-refractivity contribution in [3.05, 3.63) is 29.8 Å². The molecular formula is C14H16N2O2S. The molecule has 0 saturated heterocycles. The summed E-state index contributed by atoms with van der Waals surface area (Å²) in [5, 5.41) is 11.8. The highest BCUT2D eigenvalue weighted by atomic mass is 32.2. The van der Waals surface area contributed by atoms with Gasteiger partial charge in [0, 0.05) is 19.5 Å². The van der Waals surface area contributed by atoms with Crippen molar-refractivity contribution in [3.8, 4) is 17.9 Å². The minimum Gasteiger partial charge on any atom is -0.315 e. The van der Waals surface area contributed by atoms with Gasteiger partial charge in [-0.05, 0) is 25.1 Å². The summed E-state index contributed by atoms with van der Waals surface area (Å²) in [6, 6.07) is 8.01. The number of nitrogens with zero attached hydrogens (tertiary/aromatic N) is 1. The van der Waals surface area contributed by atoms with Gasteiger partial charge in [0.15, 0.2) is 9.84 Å². The lowest BCUT2D eigenvalue weighted by molar-refractivity contribution is 0.591.